The van der Waals surface area contributed by atoms with Crippen LogP contribution in [0.15, 0.2) is 30.3 Å². The fourth-order valence-corrected chi connectivity index (χ4v) is 2.69. The Labute approximate surface area is 120 Å². The van der Waals surface area contributed by atoms with Gasteiger partial charge in [-0.25, -0.2) is 0 Å². The van der Waals surface area contributed by atoms with Gasteiger partial charge >= 0.3 is 0 Å². The molecular formula is C16H24N2O2. The summed E-state index contributed by atoms with van der Waals surface area (Å²) in [5, 5.41) is 13.3. The van der Waals surface area contributed by atoms with E-state index in [9.17, 15) is 9.90 Å². The summed E-state index contributed by atoms with van der Waals surface area (Å²) in [6.45, 7) is 4.32. The lowest BCUT2D eigenvalue weighted by Crippen LogP contribution is -2.48. The molecule has 1 heterocycles. The molecular weight excluding hydrogens is 252 g/mol. The Morgan fingerprint density at radius 1 is 1.45 bits per heavy atom. The first kappa shape index (κ1) is 15.0. The normalized spacial score (nSPS) is 21.4. The van der Waals surface area contributed by atoms with Crippen LogP contribution in [0.3, 0.4) is 0 Å². The van der Waals surface area contributed by atoms with E-state index in [1.165, 1.54) is 0 Å². The van der Waals surface area contributed by atoms with Gasteiger partial charge in [0.05, 0.1) is 6.10 Å². The first-order valence-electron chi connectivity index (χ1n) is 7.43. The van der Waals surface area contributed by atoms with Crippen LogP contribution in [0.25, 0.3) is 0 Å². The minimum absolute atomic E-state index is 0.112. The molecule has 4 heteroatoms. The molecule has 110 valence electrons. The Bertz CT molecular complexity index is 422. The third kappa shape index (κ3) is 4.32. The zero-order valence-electron chi connectivity index (χ0n) is 12.1. The van der Waals surface area contributed by atoms with Crippen LogP contribution < -0.4 is 5.32 Å². The molecule has 1 aliphatic rings. The van der Waals surface area contributed by atoms with Gasteiger partial charge in [-0.3, -0.25) is 9.69 Å². The Balaban J connectivity index is 1.85. The molecule has 2 rings (SSSR count). The largest absolute Gasteiger partial charge is 0.387 e. The Morgan fingerprint density at radius 3 is 2.90 bits per heavy atom. The highest BCUT2D eigenvalue weighted by molar-refractivity contribution is 5.75. The molecule has 0 aliphatic carbocycles. The SMILES string of the molecule is CCC(=O)NC1CCCN(CC(O)c2ccccc2)C1. The first-order valence-corrected chi connectivity index (χ1v) is 7.43. The number of carbonyl (C=O) groups excluding carboxylic acids is 1. The van der Waals surface area contributed by atoms with Gasteiger partial charge < -0.3 is 10.4 Å². The second-order valence-corrected chi connectivity index (χ2v) is 5.45. The summed E-state index contributed by atoms with van der Waals surface area (Å²) in [5.41, 5.74) is 0.951. The molecule has 1 aromatic rings. The minimum Gasteiger partial charge on any atom is -0.387 e. The number of hydrogen-bond acceptors (Lipinski definition) is 3. The molecule has 1 fully saturated rings. The van der Waals surface area contributed by atoms with Crippen LogP contribution in [0.5, 0.6) is 0 Å². The lowest BCUT2D eigenvalue weighted by Gasteiger charge is -2.34. The highest BCUT2D eigenvalue weighted by Crippen LogP contribution is 2.17. The maximum atomic E-state index is 11.5. The van der Waals surface area contributed by atoms with Crippen LogP contribution in [0, 0.1) is 0 Å². The molecule has 0 spiro atoms. The molecule has 1 aromatic carbocycles. The highest BCUT2D eigenvalue weighted by Gasteiger charge is 2.22. The number of aliphatic hydroxyl groups excluding tert-OH is 1. The van der Waals surface area contributed by atoms with Crippen molar-refractivity contribution in [1.82, 2.24) is 10.2 Å². The van der Waals surface area contributed by atoms with Crippen molar-refractivity contribution < 1.29 is 9.90 Å². The van der Waals surface area contributed by atoms with Crippen molar-refractivity contribution in [2.45, 2.75) is 38.3 Å². The van der Waals surface area contributed by atoms with E-state index in [1.54, 1.807) is 0 Å². The van der Waals surface area contributed by atoms with Crippen molar-refractivity contribution in [1.29, 1.82) is 0 Å². The minimum atomic E-state index is -0.461. The Kier molecular flexibility index (Phi) is 5.56. The van der Waals surface area contributed by atoms with E-state index in [2.05, 4.69) is 10.2 Å². The number of nitrogens with zero attached hydrogens (tertiary/aromatic N) is 1. The summed E-state index contributed by atoms with van der Waals surface area (Å²) in [6, 6.07) is 9.96. The van der Waals surface area contributed by atoms with Crippen molar-refractivity contribution in [2.75, 3.05) is 19.6 Å². The summed E-state index contributed by atoms with van der Waals surface area (Å²) in [4.78, 5) is 13.7. The lowest BCUT2D eigenvalue weighted by molar-refractivity contribution is -0.121. The number of carbonyl (C=O) groups is 1. The van der Waals surface area contributed by atoms with Gasteiger partial charge in [-0.15, -0.1) is 0 Å². The summed E-state index contributed by atoms with van der Waals surface area (Å²) in [7, 11) is 0. The number of aliphatic hydroxyl groups is 1. The molecule has 0 aromatic heterocycles. The molecule has 20 heavy (non-hydrogen) atoms. The topological polar surface area (TPSA) is 52.6 Å². The van der Waals surface area contributed by atoms with Gasteiger partial charge in [0.1, 0.15) is 0 Å². The van der Waals surface area contributed by atoms with Crippen LogP contribution in [0.1, 0.15) is 37.9 Å². The zero-order chi connectivity index (χ0) is 14.4. The third-order valence-corrected chi connectivity index (χ3v) is 3.81. The van der Waals surface area contributed by atoms with Crippen LogP contribution >= 0.6 is 0 Å². The van der Waals surface area contributed by atoms with Crippen molar-refractivity contribution >= 4 is 5.91 Å². The fourth-order valence-electron chi connectivity index (χ4n) is 2.69. The molecule has 2 N–H and O–H groups in total. The maximum Gasteiger partial charge on any atom is 0.219 e. The van der Waals surface area contributed by atoms with Crippen molar-refractivity contribution in [3.8, 4) is 0 Å². The first-order chi connectivity index (χ1) is 9.69. The summed E-state index contributed by atoms with van der Waals surface area (Å²) < 4.78 is 0. The summed E-state index contributed by atoms with van der Waals surface area (Å²) in [6.07, 6.45) is 2.17. The smallest absolute Gasteiger partial charge is 0.219 e. The number of piperidine rings is 1. The van der Waals surface area contributed by atoms with E-state index in [1.807, 2.05) is 37.3 Å². The van der Waals surface area contributed by atoms with Crippen molar-refractivity contribution in [2.24, 2.45) is 0 Å². The Morgan fingerprint density at radius 2 is 2.20 bits per heavy atom. The highest BCUT2D eigenvalue weighted by atomic mass is 16.3. The molecule has 1 amide bonds. The molecule has 1 aliphatic heterocycles. The lowest BCUT2D eigenvalue weighted by atomic mass is 10.0. The predicted octanol–water partition coefficient (Wildman–Crippen LogP) is 1.71. The maximum absolute atomic E-state index is 11.5. The van der Waals surface area contributed by atoms with Crippen molar-refractivity contribution in [3.63, 3.8) is 0 Å². The van der Waals surface area contributed by atoms with Gasteiger partial charge in [0.2, 0.25) is 5.91 Å². The van der Waals surface area contributed by atoms with Gasteiger partial charge in [0, 0.05) is 25.6 Å². The predicted molar refractivity (Wildman–Crippen MR) is 79.3 cm³/mol. The van der Waals surface area contributed by atoms with Gasteiger partial charge in [0.25, 0.3) is 0 Å². The second kappa shape index (κ2) is 7.41. The van der Waals surface area contributed by atoms with Crippen LogP contribution in [0.4, 0.5) is 0 Å². The number of nitrogens with one attached hydrogen (secondary N) is 1. The quantitative estimate of drug-likeness (QED) is 0.861. The molecule has 4 nitrogen and oxygen atoms in total. The number of rotatable bonds is 5. The Hall–Kier alpha value is -1.39. The van der Waals surface area contributed by atoms with Crippen LogP contribution in [-0.2, 0) is 4.79 Å². The molecule has 0 saturated carbocycles. The van der Waals surface area contributed by atoms with E-state index in [0.29, 0.717) is 13.0 Å². The van der Waals surface area contributed by atoms with E-state index in [-0.39, 0.29) is 11.9 Å². The van der Waals surface area contributed by atoms with Crippen LogP contribution in [0.2, 0.25) is 0 Å². The number of likely N-dealkylation sites (tertiary alicyclic amines) is 1. The second-order valence-electron chi connectivity index (χ2n) is 5.45. The molecule has 0 bridgehead atoms. The summed E-state index contributed by atoms with van der Waals surface area (Å²) in [5.74, 6) is 0.112. The number of amides is 1. The monoisotopic (exact) mass is 276 g/mol. The fraction of sp³-hybridized carbons (Fsp3) is 0.562. The van der Waals surface area contributed by atoms with E-state index < -0.39 is 6.10 Å². The average Bonchev–Trinajstić information content (AvgIpc) is 2.48. The van der Waals surface area contributed by atoms with E-state index in [0.717, 1.165) is 31.5 Å². The molecule has 2 unspecified atom stereocenters. The van der Waals surface area contributed by atoms with Gasteiger partial charge in [-0.2, -0.15) is 0 Å². The van der Waals surface area contributed by atoms with Crippen LogP contribution in [-0.4, -0.2) is 41.6 Å². The standard InChI is InChI=1S/C16H24N2O2/c1-2-16(20)17-14-9-6-10-18(11-14)12-15(19)13-7-4-3-5-8-13/h3-5,7-8,14-15,19H,2,6,9-12H2,1H3,(H,17,20). The molecule has 0 radical (unpaired) electrons. The van der Waals surface area contributed by atoms with Gasteiger partial charge in [-0.05, 0) is 24.9 Å². The van der Waals surface area contributed by atoms with Crippen molar-refractivity contribution in [3.05, 3.63) is 35.9 Å². The molecule has 2 atom stereocenters. The number of β-amino-alcohol motifs (C(OH)–C–C–N with tert-alkyl or cyclic N) is 1. The molecule has 1 saturated heterocycles. The van der Waals surface area contributed by atoms with Gasteiger partial charge in [-0.1, -0.05) is 37.3 Å². The average molecular weight is 276 g/mol. The van der Waals surface area contributed by atoms with Gasteiger partial charge in [0.15, 0.2) is 0 Å². The summed E-state index contributed by atoms with van der Waals surface area (Å²) >= 11 is 0. The number of hydrogen-bond donors (Lipinski definition) is 2. The number of benzene rings is 1. The zero-order valence-corrected chi connectivity index (χ0v) is 12.1. The van der Waals surface area contributed by atoms with E-state index >= 15 is 0 Å². The third-order valence-electron chi connectivity index (χ3n) is 3.81. The van der Waals surface area contributed by atoms with E-state index in [4.69, 9.17) is 0 Å².